The molecule has 2 aromatic rings. The molecular weight excluding hydrogens is 308 g/mol. The van der Waals surface area contributed by atoms with Gasteiger partial charge in [-0.05, 0) is 35.9 Å². The third-order valence-electron chi connectivity index (χ3n) is 3.14. The van der Waals surface area contributed by atoms with Gasteiger partial charge in [-0.2, -0.15) is 0 Å². The lowest BCUT2D eigenvalue weighted by atomic mass is 10.2. The Morgan fingerprint density at radius 3 is 2.12 bits per heavy atom. The number of hydrogen-bond acceptors (Lipinski definition) is 4. The highest BCUT2D eigenvalue weighted by atomic mass is 16.5. The number of methoxy groups -OCH3 is 2. The molecule has 0 aliphatic rings. The van der Waals surface area contributed by atoms with Crippen LogP contribution >= 0.6 is 0 Å². The molecule has 0 saturated carbocycles. The molecule has 0 heterocycles. The van der Waals surface area contributed by atoms with Gasteiger partial charge in [0.25, 0.3) is 11.8 Å². The van der Waals surface area contributed by atoms with Crippen molar-refractivity contribution in [2.45, 2.75) is 0 Å². The first-order chi connectivity index (χ1) is 11.6. The summed E-state index contributed by atoms with van der Waals surface area (Å²) >= 11 is 0. The van der Waals surface area contributed by atoms with Crippen molar-refractivity contribution < 1.29 is 19.1 Å². The summed E-state index contributed by atoms with van der Waals surface area (Å²) < 4.78 is 10.3. The number of carbonyl (C=O) groups is 2. The predicted molar refractivity (Wildman–Crippen MR) is 90.6 cm³/mol. The van der Waals surface area contributed by atoms with Gasteiger partial charge in [-0.15, -0.1) is 0 Å². The third kappa shape index (κ3) is 4.88. The number of benzene rings is 2. The topological polar surface area (TPSA) is 76.7 Å². The molecule has 0 aliphatic carbocycles. The zero-order valence-electron chi connectivity index (χ0n) is 13.4. The molecule has 6 heteroatoms. The molecule has 0 fully saturated rings. The van der Waals surface area contributed by atoms with E-state index in [1.807, 2.05) is 0 Å². The van der Waals surface area contributed by atoms with Crippen LogP contribution in [0.1, 0.15) is 15.9 Å². The zero-order valence-corrected chi connectivity index (χ0v) is 13.4. The van der Waals surface area contributed by atoms with Gasteiger partial charge in [-0.3, -0.25) is 20.4 Å². The molecule has 0 aliphatic heterocycles. The molecule has 0 saturated heterocycles. The Bertz CT molecular complexity index is 720. The van der Waals surface area contributed by atoms with Crippen LogP contribution in [0.3, 0.4) is 0 Å². The summed E-state index contributed by atoms with van der Waals surface area (Å²) in [5.74, 6) is 0.389. The Morgan fingerprint density at radius 1 is 0.917 bits per heavy atom. The molecule has 24 heavy (non-hydrogen) atoms. The number of nitrogens with one attached hydrogen (secondary N) is 2. The second kappa shape index (κ2) is 8.38. The Morgan fingerprint density at radius 2 is 1.54 bits per heavy atom. The quantitative estimate of drug-likeness (QED) is 0.652. The number of amides is 2. The smallest absolute Gasteiger partial charge is 0.269 e. The Kier molecular flexibility index (Phi) is 5.96. The summed E-state index contributed by atoms with van der Waals surface area (Å²) in [4.78, 5) is 23.6. The van der Waals surface area contributed by atoms with E-state index in [0.717, 1.165) is 5.56 Å². The molecule has 0 spiro atoms. The number of ether oxygens (including phenoxy) is 2. The van der Waals surface area contributed by atoms with Crippen LogP contribution in [0.4, 0.5) is 0 Å². The normalized spacial score (nSPS) is 10.2. The highest BCUT2D eigenvalue weighted by Crippen LogP contribution is 2.23. The van der Waals surface area contributed by atoms with Crippen molar-refractivity contribution in [2.75, 3.05) is 14.2 Å². The van der Waals surface area contributed by atoms with Gasteiger partial charge >= 0.3 is 0 Å². The van der Waals surface area contributed by atoms with E-state index in [9.17, 15) is 9.59 Å². The maximum atomic E-state index is 11.8. The molecule has 124 valence electrons. The SMILES string of the molecule is COc1cc(/C=C/C(=O)NNC(=O)c2ccccc2)cc(OC)c1. The zero-order chi connectivity index (χ0) is 17.4. The van der Waals surface area contributed by atoms with Crippen molar-refractivity contribution >= 4 is 17.9 Å². The molecule has 2 aromatic carbocycles. The van der Waals surface area contributed by atoms with Gasteiger partial charge in [0.05, 0.1) is 14.2 Å². The lowest BCUT2D eigenvalue weighted by molar-refractivity contribution is -0.117. The molecule has 2 rings (SSSR count). The first-order valence-corrected chi connectivity index (χ1v) is 7.19. The predicted octanol–water partition coefficient (Wildman–Crippen LogP) is 2.18. The van der Waals surface area contributed by atoms with E-state index in [4.69, 9.17) is 9.47 Å². The van der Waals surface area contributed by atoms with Crippen molar-refractivity contribution in [1.29, 1.82) is 0 Å². The summed E-state index contributed by atoms with van der Waals surface area (Å²) in [5.41, 5.74) is 5.85. The lowest BCUT2D eigenvalue weighted by Crippen LogP contribution is -2.40. The molecule has 0 unspecified atom stereocenters. The monoisotopic (exact) mass is 326 g/mol. The summed E-state index contributed by atoms with van der Waals surface area (Å²) in [6, 6.07) is 13.8. The average Bonchev–Trinajstić information content (AvgIpc) is 2.64. The van der Waals surface area contributed by atoms with E-state index in [-0.39, 0.29) is 5.91 Å². The van der Waals surface area contributed by atoms with Crippen LogP contribution in [-0.2, 0) is 4.79 Å². The second-order valence-electron chi connectivity index (χ2n) is 4.79. The standard InChI is InChI=1S/C18H18N2O4/c1-23-15-10-13(11-16(12-15)24-2)8-9-17(21)19-20-18(22)14-6-4-3-5-7-14/h3-12H,1-2H3,(H,19,21)(H,20,22)/b9-8+. The summed E-state index contributed by atoms with van der Waals surface area (Å²) in [5, 5.41) is 0. The van der Waals surface area contributed by atoms with Crippen LogP contribution in [0.5, 0.6) is 11.5 Å². The Hall–Kier alpha value is -3.28. The highest BCUT2D eigenvalue weighted by molar-refractivity contribution is 5.97. The highest BCUT2D eigenvalue weighted by Gasteiger charge is 2.05. The maximum absolute atomic E-state index is 11.8. The van der Waals surface area contributed by atoms with E-state index < -0.39 is 5.91 Å². The van der Waals surface area contributed by atoms with Gasteiger partial charge in [0.2, 0.25) is 0 Å². The minimum Gasteiger partial charge on any atom is -0.497 e. The Balaban J connectivity index is 1.94. The third-order valence-corrected chi connectivity index (χ3v) is 3.14. The van der Waals surface area contributed by atoms with E-state index in [1.54, 1.807) is 68.8 Å². The van der Waals surface area contributed by atoms with Gasteiger partial charge in [-0.25, -0.2) is 0 Å². The molecule has 0 aromatic heterocycles. The molecule has 0 bridgehead atoms. The van der Waals surface area contributed by atoms with Crippen LogP contribution in [0.25, 0.3) is 6.08 Å². The van der Waals surface area contributed by atoms with E-state index in [2.05, 4.69) is 10.9 Å². The van der Waals surface area contributed by atoms with E-state index in [0.29, 0.717) is 17.1 Å². The van der Waals surface area contributed by atoms with E-state index >= 15 is 0 Å². The molecule has 2 amide bonds. The fourth-order valence-electron chi connectivity index (χ4n) is 1.92. The summed E-state index contributed by atoms with van der Waals surface area (Å²) in [6.07, 6.45) is 2.90. The minimum atomic E-state index is -0.457. The van der Waals surface area contributed by atoms with Crippen molar-refractivity contribution in [3.63, 3.8) is 0 Å². The van der Waals surface area contributed by atoms with Gasteiger partial charge in [-0.1, -0.05) is 18.2 Å². The average molecular weight is 326 g/mol. The molecule has 6 nitrogen and oxygen atoms in total. The number of hydrogen-bond donors (Lipinski definition) is 2. The minimum absolute atomic E-state index is 0.389. The fraction of sp³-hybridized carbons (Fsp3) is 0.111. The number of carbonyl (C=O) groups excluding carboxylic acids is 2. The van der Waals surface area contributed by atoms with Gasteiger partial charge in [0.1, 0.15) is 11.5 Å². The maximum Gasteiger partial charge on any atom is 0.269 e. The van der Waals surface area contributed by atoms with Crippen LogP contribution < -0.4 is 20.3 Å². The number of hydrazine groups is 1. The first kappa shape index (κ1) is 17.1. The first-order valence-electron chi connectivity index (χ1n) is 7.19. The van der Waals surface area contributed by atoms with Crippen molar-refractivity contribution in [3.05, 3.63) is 65.7 Å². The van der Waals surface area contributed by atoms with Crippen molar-refractivity contribution in [2.24, 2.45) is 0 Å². The Labute approximate surface area is 140 Å². The summed E-state index contributed by atoms with van der Waals surface area (Å²) in [6.45, 7) is 0. The van der Waals surface area contributed by atoms with Gasteiger partial charge < -0.3 is 9.47 Å². The number of rotatable bonds is 5. The fourth-order valence-corrected chi connectivity index (χ4v) is 1.92. The van der Waals surface area contributed by atoms with Crippen LogP contribution in [0, 0.1) is 0 Å². The van der Waals surface area contributed by atoms with Crippen LogP contribution in [0.2, 0.25) is 0 Å². The summed E-state index contributed by atoms with van der Waals surface area (Å²) in [7, 11) is 3.10. The second-order valence-corrected chi connectivity index (χ2v) is 4.79. The molecule has 0 atom stereocenters. The van der Waals surface area contributed by atoms with Crippen molar-refractivity contribution in [1.82, 2.24) is 10.9 Å². The molecule has 0 radical (unpaired) electrons. The van der Waals surface area contributed by atoms with Crippen molar-refractivity contribution in [3.8, 4) is 11.5 Å². The van der Waals surface area contributed by atoms with E-state index in [1.165, 1.54) is 6.08 Å². The van der Waals surface area contributed by atoms with Crippen LogP contribution in [0.15, 0.2) is 54.6 Å². The van der Waals surface area contributed by atoms with Crippen LogP contribution in [-0.4, -0.2) is 26.0 Å². The van der Waals surface area contributed by atoms with Gasteiger partial charge in [0.15, 0.2) is 0 Å². The lowest BCUT2D eigenvalue weighted by Gasteiger charge is -2.06. The molecule has 2 N–H and O–H groups in total. The molecular formula is C18H18N2O4. The van der Waals surface area contributed by atoms with Gasteiger partial charge in [0, 0.05) is 17.7 Å². The largest absolute Gasteiger partial charge is 0.497 e.